The molecule has 7 heteroatoms. The van der Waals surface area contributed by atoms with E-state index in [1.807, 2.05) is 37.3 Å². The number of para-hydroxylation sites is 1. The van der Waals surface area contributed by atoms with Gasteiger partial charge in [-0.15, -0.1) is 11.3 Å². The van der Waals surface area contributed by atoms with Crippen LogP contribution in [0.4, 0.5) is 5.69 Å². The van der Waals surface area contributed by atoms with Crippen molar-refractivity contribution >= 4 is 44.9 Å². The molecule has 5 nitrogen and oxygen atoms in total. The van der Waals surface area contributed by atoms with Gasteiger partial charge in [-0.25, -0.2) is 4.98 Å². The molecule has 1 amide bonds. The minimum absolute atomic E-state index is 0.00716. The number of carbonyl (C=O) groups is 1. The highest BCUT2D eigenvalue weighted by molar-refractivity contribution is 8.00. The van der Waals surface area contributed by atoms with Crippen LogP contribution < -0.4 is 10.5 Å². The highest BCUT2D eigenvalue weighted by Crippen LogP contribution is 2.36. The standard InChI is InChI=1S/C22H25N3O2S2/c1-4-13-25-21(27)18-16-11-8-12-17(16)29-19(18)23-22(25)28-14(2)20(26)24(3)15-9-6-5-7-10-15/h5-7,9-10,14H,4,8,11-13H2,1-3H3. The second kappa shape index (κ2) is 8.32. The van der Waals surface area contributed by atoms with Crippen LogP contribution in [0.5, 0.6) is 0 Å². The van der Waals surface area contributed by atoms with E-state index in [0.717, 1.165) is 41.6 Å². The van der Waals surface area contributed by atoms with E-state index >= 15 is 0 Å². The molecule has 1 atom stereocenters. The molecule has 152 valence electrons. The first-order chi connectivity index (χ1) is 14.0. The fraction of sp³-hybridized carbons (Fsp3) is 0.409. The average Bonchev–Trinajstić information content (AvgIpc) is 3.31. The lowest BCUT2D eigenvalue weighted by molar-refractivity contribution is -0.117. The Labute approximate surface area is 178 Å². The average molecular weight is 428 g/mol. The van der Waals surface area contributed by atoms with E-state index in [-0.39, 0.29) is 16.7 Å². The summed E-state index contributed by atoms with van der Waals surface area (Å²) in [6.45, 7) is 4.55. The largest absolute Gasteiger partial charge is 0.315 e. The lowest BCUT2D eigenvalue weighted by atomic mass is 10.2. The molecule has 29 heavy (non-hydrogen) atoms. The number of aryl methyl sites for hydroxylation is 2. The number of fused-ring (bicyclic) bond motifs is 3. The Hall–Kier alpha value is -2.12. The molecule has 0 fully saturated rings. The second-order valence-corrected chi connectivity index (χ2v) is 9.77. The van der Waals surface area contributed by atoms with E-state index in [9.17, 15) is 9.59 Å². The van der Waals surface area contributed by atoms with Crippen molar-refractivity contribution in [3.05, 3.63) is 51.1 Å². The van der Waals surface area contributed by atoms with Gasteiger partial charge in [-0.2, -0.15) is 0 Å². The van der Waals surface area contributed by atoms with Gasteiger partial charge in [0.2, 0.25) is 5.91 Å². The molecule has 0 saturated carbocycles. The van der Waals surface area contributed by atoms with Crippen LogP contribution in [0, 0.1) is 0 Å². The summed E-state index contributed by atoms with van der Waals surface area (Å²) in [5.74, 6) is -0.00716. The summed E-state index contributed by atoms with van der Waals surface area (Å²) >= 11 is 3.03. The quantitative estimate of drug-likeness (QED) is 0.429. The van der Waals surface area contributed by atoms with Crippen molar-refractivity contribution in [1.29, 1.82) is 0 Å². The number of carbonyl (C=O) groups excluding carboxylic acids is 1. The number of thiophene rings is 1. The van der Waals surface area contributed by atoms with Crippen molar-refractivity contribution in [2.75, 3.05) is 11.9 Å². The molecule has 0 spiro atoms. The van der Waals surface area contributed by atoms with Gasteiger partial charge < -0.3 is 4.90 Å². The summed E-state index contributed by atoms with van der Waals surface area (Å²) in [5, 5.41) is 1.10. The maximum atomic E-state index is 13.3. The van der Waals surface area contributed by atoms with Gasteiger partial charge in [0.25, 0.3) is 5.56 Å². The van der Waals surface area contributed by atoms with Crippen LogP contribution in [-0.4, -0.2) is 27.8 Å². The first-order valence-corrected chi connectivity index (χ1v) is 11.7. The van der Waals surface area contributed by atoms with Gasteiger partial charge in [0.05, 0.1) is 10.6 Å². The highest BCUT2D eigenvalue weighted by atomic mass is 32.2. The van der Waals surface area contributed by atoms with Crippen LogP contribution in [0.25, 0.3) is 10.2 Å². The van der Waals surface area contributed by atoms with E-state index < -0.39 is 0 Å². The predicted molar refractivity (Wildman–Crippen MR) is 121 cm³/mol. The van der Waals surface area contributed by atoms with Gasteiger partial charge in [0.1, 0.15) is 4.83 Å². The van der Waals surface area contributed by atoms with Gasteiger partial charge in [-0.1, -0.05) is 36.9 Å². The molecular weight excluding hydrogens is 402 g/mol. The summed E-state index contributed by atoms with van der Waals surface area (Å²) in [6.07, 6.45) is 3.99. The molecule has 1 unspecified atom stereocenters. The Morgan fingerprint density at radius 3 is 2.79 bits per heavy atom. The van der Waals surface area contributed by atoms with Crippen molar-refractivity contribution in [3.63, 3.8) is 0 Å². The molecule has 3 aromatic rings. The van der Waals surface area contributed by atoms with Crippen LogP contribution in [0.1, 0.15) is 37.1 Å². The van der Waals surface area contributed by atoms with Gasteiger partial charge in [-0.05, 0) is 50.3 Å². The Morgan fingerprint density at radius 2 is 2.07 bits per heavy atom. The normalized spacial score (nSPS) is 14.2. The zero-order valence-corrected chi connectivity index (χ0v) is 18.6. The number of hydrogen-bond donors (Lipinski definition) is 0. The molecule has 0 N–H and O–H groups in total. The van der Waals surface area contributed by atoms with Crippen molar-refractivity contribution in [3.8, 4) is 0 Å². The third-order valence-electron chi connectivity index (χ3n) is 5.34. The lowest BCUT2D eigenvalue weighted by Gasteiger charge is -2.22. The number of thioether (sulfide) groups is 1. The first-order valence-electron chi connectivity index (χ1n) is 10.1. The van der Waals surface area contributed by atoms with E-state index in [1.165, 1.54) is 22.2 Å². The zero-order valence-electron chi connectivity index (χ0n) is 17.0. The van der Waals surface area contributed by atoms with Crippen LogP contribution in [0.15, 0.2) is 40.3 Å². The summed E-state index contributed by atoms with van der Waals surface area (Å²) in [6, 6.07) is 9.60. The van der Waals surface area contributed by atoms with Crippen LogP contribution in [0.3, 0.4) is 0 Å². The monoisotopic (exact) mass is 427 g/mol. The third kappa shape index (κ3) is 3.73. The molecule has 0 bridgehead atoms. The fourth-order valence-electron chi connectivity index (χ4n) is 3.83. The Kier molecular flexibility index (Phi) is 5.79. The summed E-state index contributed by atoms with van der Waals surface area (Å²) < 4.78 is 1.77. The molecular formula is C22H25N3O2S2. The number of benzene rings is 1. The first kappa shape index (κ1) is 20.2. The van der Waals surface area contributed by atoms with Gasteiger partial charge >= 0.3 is 0 Å². The smallest absolute Gasteiger partial charge is 0.263 e. The fourth-order valence-corrected chi connectivity index (χ4v) is 6.16. The van der Waals surface area contributed by atoms with E-state index in [4.69, 9.17) is 4.98 Å². The number of rotatable bonds is 6. The van der Waals surface area contributed by atoms with Crippen LogP contribution >= 0.6 is 23.1 Å². The molecule has 2 aromatic heterocycles. The van der Waals surface area contributed by atoms with Crippen molar-refractivity contribution < 1.29 is 4.79 Å². The number of aromatic nitrogens is 2. The number of nitrogens with zero attached hydrogens (tertiary/aromatic N) is 3. The zero-order chi connectivity index (χ0) is 20.5. The van der Waals surface area contributed by atoms with E-state index in [1.54, 1.807) is 27.9 Å². The summed E-state index contributed by atoms with van der Waals surface area (Å²) in [4.78, 5) is 34.9. The van der Waals surface area contributed by atoms with Crippen LogP contribution in [0.2, 0.25) is 0 Å². The Morgan fingerprint density at radius 1 is 1.31 bits per heavy atom. The van der Waals surface area contributed by atoms with Crippen molar-refractivity contribution in [1.82, 2.24) is 9.55 Å². The molecule has 0 aliphatic heterocycles. The Bertz CT molecular complexity index is 1100. The predicted octanol–water partition coefficient (Wildman–Crippen LogP) is 4.50. The summed E-state index contributed by atoms with van der Waals surface area (Å²) in [5.41, 5.74) is 2.11. The lowest BCUT2D eigenvalue weighted by Crippen LogP contribution is -2.34. The molecule has 4 rings (SSSR count). The van der Waals surface area contributed by atoms with E-state index in [2.05, 4.69) is 6.92 Å². The maximum Gasteiger partial charge on any atom is 0.263 e. The molecule has 1 aliphatic carbocycles. The van der Waals surface area contributed by atoms with Gasteiger partial charge in [0.15, 0.2) is 5.16 Å². The molecule has 1 aliphatic rings. The highest BCUT2D eigenvalue weighted by Gasteiger charge is 2.26. The number of anilines is 1. The maximum absolute atomic E-state index is 13.3. The molecule has 0 saturated heterocycles. The SMILES string of the molecule is CCCn1c(SC(C)C(=O)N(C)c2ccccc2)nc2sc3c(c2c1=O)CCC3. The van der Waals surface area contributed by atoms with Crippen molar-refractivity contribution in [2.45, 2.75) is 56.5 Å². The topological polar surface area (TPSA) is 55.2 Å². The van der Waals surface area contributed by atoms with E-state index in [0.29, 0.717) is 11.7 Å². The second-order valence-electron chi connectivity index (χ2n) is 7.38. The van der Waals surface area contributed by atoms with Gasteiger partial charge in [0, 0.05) is 24.2 Å². The molecule has 0 radical (unpaired) electrons. The van der Waals surface area contributed by atoms with Gasteiger partial charge in [-0.3, -0.25) is 14.2 Å². The Balaban J connectivity index is 1.67. The minimum atomic E-state index is -0.348. The number of hydrogen-bond acceptors (Lipinski definition) is 5. The molecule has 1 aromatic carbocycles. The third-order valence-corrected chi connectivity index (χ3v) is 7.60. The minimum Gasteiger partial charge on any atom is -0.315 e. The number of amides is 1. The summed E-state index contributed by atoms with van der Waals surface area (Å²) in [7, 11) is 1.79. The van der Waals surface area contributed by atoms with Crippen LogP contribution in [-0.2, 0) is 24.2 Å². The van der Waals surface area contributed by atoms with Crippen molar-refractivity contribution in [2.24, 2.45) is 0 Å². The molecule has 2 heterocycles.